The first-order valence-electron chi connectivity index (χ1n) is 9.38. The number of hydrogen-bond acceptors (Lipinski definition) is 9. The lowest BCUT2D eigenvalue weighted by molar-refractivity contribution is -0.384. The first-order chi connectivity index (χ1) is 15.2. The van der Waals surface area contributed by atoms with Gasteiger partial charge in [-0.1, -0.05) is 22.9 Å². The molecule has 0 amide bonds. The molecule has 2 aliphatic rings. The second-order valence-corrected chi connectivity index (χ2v) is 8.64. The van der Waals surface area contributed by atoms with E-state index in [4.69, 9.17) is 17.3 Å². The van der Waals surface area contributed by atoms with E-state index in [1.54, 1.807) is 0 Å². The molecule has 0 fully saturated rings. The maximum Gasteiger partial charge on any atom is 0.324 e. The van der Waals surface area contributed by atoms with E-state index in [-0.39, 0.29) is 39.3 Å². The van der Waals surface area contributed by atoms with Crippen LogP contribution in [0.5, 0.6) is 0 Å². The maximum absolute atomic E-state index is 13.0. The van der Waals surface area contributed by atoms with Crippen LogP contribution in [-0.2, 0) is 4.79 Å². The zero-order valence-electron chi connectivity index (χ0n) is 16.3. The van der Waals surface area contributed by atoms with Crippen molar-refractivity contribution in [2.24, 2.45) is 5.73 Å². The molecule has 12 heteroatoms. The highest BCUT2D eigenvalue weighted by atomic mass is 35.5. The number of carbonyl (C=O) groups is 1. The molecule has 162 valence electrons. The summed E-state index contributed by atoms with van der Waals surface area (Å²) in [7, 11) is 0. The lowest BCUT2D eigenvalue weighted by Crippen LogP contribution is -2.38. The van der Waals surface area contributed by atoms with Crippen LogP contribution in [-0.4, -0.2) is 15.6 Å². The van der Waals surface area contributed by atoms with E-state index < -0.39 is 15.8 Å². The van der Waals surface area contributed by atoms with Gasteiger partial charge in [0.15, 0.2) is 5.78 Å². The number of carbonyl (C=O) groups excluding carboxylic acids is 1. The number of allylic oxidation sites excluding steroid dienone is 3. The van der Waals surface area contributed by atoms with Crippen LogP contribution < -0.4 is 10.6 Å². The Morgan fingerprint density at radius 1 is 1.19 bits per heavy atom. The first-order valence-corrected chi connectivity index (χ1v) is 10.6. The van der Waals surface area contributed by atoms with Crippen LogP contribution in [0.25, 0.3) is 0 Å². The third kappa shape index (κ3) is 3.39. The highest BCUT2D eigenvalue weighted by molar-refractivity contribution is 7.15. The average Bonchev–Trinajstić information content (AvgIpc) is 3.24. The Kier molecular flexibility index (Phi) is 5.41. The zero-order chi connectivity index (χ0) is 23.2. The molecule has 0 spiro atoms. The fourth-order valence-electron chi connectivity index (χ4n) is 4.03. The van der Waals surface area contributed by atoms with Gasteiger partial charge in [0.05, 0.1) is 38.1 Å². The third-order valence-electron chi connectivity index (χ3n) is 5.37. The summed E-state index contributed by atoms with van der Waals surface area (Å²) in [5, 5.41) is 32.1. The van der Waals surface area contributed by atoms with Gasteiger partial charge < -0.3 is 5.73 Å². The van der Waals surface area contributed by atoms with E-state index in [1.165, 1.54) is 35.2 Å². The zero-order valence-corrected chi connectivity index (χ0v) is 17.9. The van der Waals surface area contributed by atoms with E-state index in [1.807, 2.05) is 0 Å². The van der Waals surface area contributed by atoms with Gasteiger partial charge in [-0.2, -0.15) is 5.26 Å². The van der Waals surface area contributed by atoms with Gasteiger partial charge in [-0.25, -0.2) is 0 Å². The molecule has 1 aliphatic carbocycles. The molecule has 1 aromatic carbocycles. The van der Waals surface area contributed by atoms with Crippen molar-refractivity contribution in [3.8, 4) is 6.07 Å². The van der Waals surface area contributed by atoms with Crippen LogP contribution in [0.3, 0.4) is 0 Å². The second-order valence-electron chi connectivity index (χ2n) is 7.14. The quantitative estimate of drug-likeness (QED) is 0.503. The minimum Gasteiger partial charge on any atom is -0.384 e. The van der Waals surface area contributed by atoms with Crippen LogP contribution in [0.2, 0.25) is 5.02 Å². The topological polar surface area (TPSA) is 156 Å². The number of thiophene rings is 1. The molecule has 0 saturated carbocycles. The summed E-state index contributed by atoms with van der Waals surface area (Å²) in [6, 6.07) is 8.77. The number of nitro groups is 2. The van der Waals surface area contributed by atoms with Gasteiger partial charge in [-0.15, -0.1) is 0 Å². The van der Waals surface area contributed by atoms with Gasteiger partial charge >= 0.3 is 5.00 Å². The Morgan fingerprint density at radius 3 is 2.53 bits per heavy atom. The fraction of sp³-hybridized carbons (Fsp3) is 0.200. The molecule has 0 saturated heterocycles. The van der Waals surface area contributed by atoms with Crippen molar-refractivity contribution in [3.05, 3.63) is 83.1 Å². The summed E-state index contributed by atoms with van der Waals surface area (Å²) >= 11 is 7.22. The lowest BCUT2D eigenvalue weighted by atomic mass is 9.78. The van der Waals surface area contributed by atoms with Crippen molar-refractivity contribution in [3.63, 3.8) is 0 Å². The minimum absolute atomic E-state index is 0.0257. The summed E-state index contributed by atoms with van der Waals surface area (Å²) in [6.45, 7) is 0. The predicted octanol–water partition coefficient (Wildman–Crippen LogP) is 4.52. The summed E-state index contributed by atoms with van der Waals surface area (Å²) in [5.74, 6) is -0.983. The van der Waals surface area contributed by atoms with E-state index >= 15 is 0 Å². The van der Waals surface area contributed by atoms with Crippen LogP contribution >= 0.6 is 22.9 Å². The van der Waals surface area contributed by atoms with Crippen LogP contribution in [0, 0.1) is 31.6 Å². The number of non-ortho nitro benzene ring substituents is 1. The van der Waals surface area contributed by atoms with Gasteiger partial charge in [-0.3, -0.25) is 29.9 Å². The molecule has 10 nitrogen and oxygen atoms in total. The number of Topliss-reactive ketones (excluding diaryl/α,β-unsaturated/α-hetero) is 1. The number of nitro benzene ring substituents is 1. The van der Waals surface area contributed by atoms with Gasteiger partial charge in [0, 0.05) is 40.8 Å². The number of halogens is 1. The minimum atomic E-state index is -0.824. The molecule has 4 rings (SSSR count). The standard InChI is InChI=1S/C20H14ClN5O5S/c21-12-8-10(25(28)29)4-5-13(12)24-14-2-1-3-15(27)19(14)18(11(9-22)20(24)23)16-6-7-17(32-16)26(30)31/h4-8,18H,1-3,23H2/t18-/m1/s1. The number of nitrogens with two attached hydrogens (primary N) is 1. The fourth-order valence-corrected chi connectivity index (χ4v) is 5.23. The van der Waals surface area contributed by atoms with Crippen molar-refractivity contribution in [2.45, 2.75) is 25.2 Å². The number of rotatable bonds is 4. The molecule has 32 heavy (non-hydrogen) atoms. The van der Waals surface area contributed by atoms with Gasteiger partial charge in [-0.05, 0) is 25.0 Å². The molecule has 1 aliphatic heterocycles. The number of nitriles is 1. The molecular weight excluding hydrogens is 458 g/mol. The molecule has 2 heterocycles. The van der Waals surface area contributed by atoms with Crippen LogP contribution in [0.15, 0.2) is 53.0 Å². The summed E-state index contributed by atoms with van der Waals surface area (Å²) in [5.41, 5.74) is 7.43. The highest BCUT2D eigenvalue weighted by Gasteiger charge is 2.41. The van der Waals surface area contributed by atoms with E-state index in [9.17, 15) is 30.3 Å². The SMILES string of the molecule is N#CC1=C(N)N(c2ccc([N+](=O)[O-])cc2Cl)C2=C(C(=O)CCC2)[C@H]1c1ccc([N+](=O)[O-])s1. The van der Waals surface area contributed by atoms with Crippen molar-refractivity contribution < 1.29 is 14.6 Å². The lowest BCUT2D eigenvalue weighted by Gasteiger charge is -2.39. The molecule has 0 radical (unpaired) electrons. The van der Waals surface area contributed by atoms with Gasteiger partial charge in [0.1, 0.15) is 5.82 Å². The molecule has 1 aromatic heterocycles. The normalized spacial score (nSPS) is 18.4. The number of anilines is 1. The van der Waals surface area contributed by atoms with E-state index in [2.05, 4.69) is 6.07 Å². The maximum atomic E-state index is 13.0. The molecular formula is C20H14ClN5O5S. The number of ketones is 1. The molecule has 0 bridgehead atoms. The smallest absolute Gasteiger partial charge is 0.324 e. The Labute approximate surface area is 190 Å². The Morgan fingerprint density at radius 2 is 1.94 bits per heavy atom. The van der Waals surface area contributed by atoms with Gasteiger partial charge in [0.25, 0.3) is 5.69 Å². The predicted molar refractivity (Wildman–Crippen MR) is 117 cm³/mol. The Balaban J connectivity index is 1.94. The number of benzene rings is 1. The average molecular weight is 472 g/mol. The van der Waals surface area contributed by atoms with Crippen molar-refractivity contribution in [2.75, 3.05) is 4.90 Å². The molecule has 0 unspecified atom stereocenters. The van der Waals surface area contributed by atoms with Crippen LogP contribution in [0.4, 0.5) is 16.4 Å². The molecule has 2 aromatic rings. The van der Waals surface area contributed by atoms with E-state index in [0.29, 0.717) is 34.7 Å². The summed E-state index contributed by atoms with van der Waals surface area (Å²) < 4.78 is 0. The number of nitrogens with zero attached hydrogens (tertiary/aromatic N) is 4. The molecule has 2 N–H and O–H groups in total. The highest BCUT2D eigenvalue weighted by Crippen LogP contribution is 2.49. The van der Waals surface area contributed by atoms with Crippen molar-refractivity contribution in [1.29, 1.82) is 5.26 Å². The van der Waals surface area contributed by atoms with Crippen LogP contribution in [0.1, 0.15) is 30.1 Å². The Hall–Kier alpha value is -3.75. The first kappa shape index (κ1) is 21.5. The third-order valence-corrected chi connectivity index (χ3v) is 6.78. The summed E-state index contributed by atoms with van der Waals surface area (Å²) in [4.78, 5) is 36.1. The Bertz CT molecular complexity index is 1290. The van der Waals surface area contributed by atoms with Crippen molar-refractivity contribution in [1.82, 2.24) is 0 Å². The van der Waals surface area contributed by atoms with E-state index in [0.717, 1.165) is 11.3 Å². The molecule has 1 atom stereocenters. The largest absolute Gasteiger partial charge is 0.384 e. The second kappa shape index (κ2) is 8.07. The summed E-state index contributed by atoms with van der Waals surface area (Å²) in [6.07, 6.45) is 1.27. The number of hydrogen-bond donors (Lipinski definition) is 1. The van der Waals surface area contributed by atoms with Crippen molar-refractivity contribution >= 4 is 45.1 Å². The monoisotopic (exact) mass is 471 g/mol. The van der Waals surface area contributed by atoms with Gasteiger partial charge in [0.2, 0.25) is 0 Å².